The summed E-state index contributed by atoms with van der Waals surface area (Å²) in [6.45, 7) is 3.76. The third kappa shape index (κ3) is 3.15. The number of carbonyl (C=O) groups is 2. The Kier molecular flexibility index (Phi) is 3.56. The number of benzene rings is 1. The first-order valence-corrected chi connectivity index (χ1v) is 5.60. The van der Waals surface area contributed by atoms with Gasteiger partial charge in [-0.25, -0.2) is 4.68 Å². The van der Waals surface area contributed by atoms with Crippen molar-refractivity contribution in [3.05, 3.63) is 42.0 Å². The van der Waals surface area contributed by atoms with Gasteiger partial charge in [-0.2, -0.15) is 0 Å². The summed E-state index contributed by atoms with van der Waals surface area (Å²) in [5, 5.41) is 9.58. The molecule has 0 aliphatic carbocycles. The zero-order chi connectivity index (χ0) is 13.8. The first-order valence-electron chi connectivity index (χ1n) is 5.60. The number of nitrogens with one attached hydrogen (secondary N) is 2. The summed E-state index contributed by atoms with van der Waals surface area (Å²) in [4.78, 5) is 23.3. The van der Waals surface area contributed by atoms with E-state index in [4.69, 9.17) is 0 Å². The van der Waals surface area contributed by atoms with E-state index < -0.39 is 11.8 Å². The fraction of sp³-hybridized carbons (Fsp3) is 0.167. The van der Waals surface area contributed by atoms with Gasteiger partial charge in [-0.05, 0) is 31.0 Å². The Labute approximate surface area is 109 Å². The molecule has 2 aromatic rings. The van der Waals surface area contributed by atoms with Gasteiger partial charge in [0.1, 0.15) is 12.7 Å². The molecule has 0 spiro atoms. The fourth-order valence-electron chi connectivity index (χ4n) is 1.48. The highest BCUT2D eigenvalue weighted by atomic mass is 16.2. The maximum Gasteiger partial charge on any atom is 0.328 e. The van der Waals surface area contributed by atoms with Gasteiger partial charge in [0.2, 0.25) is 0 Å². The van der Waals surface area contributed by atoms with Gasteiger partial charge in [-0.1, -0.05) is 12.1 Å². The van der Waals surface area contributed by atoms with E-state index in [-0.39, 0.29) is 0 Å². The lowest BCUT2D eigenvalue weighted by molar-refractivity contribution is -0.133. The topological polar surface area (TPSA) is 88.9 Å². The van der Waals surface area contributed by atoms with E-state index in [2.05, 4.69) is 20.9 Å². The highest BCUT2D eigenvalue weighted by molar-refractivity contribution is 6.42. The third-order valence-corrected chi connectivity index (χ3v) is 2.50. The van der Waals surface area contributed by atoms with Crippen molar-refractivity contribution in [1.82, 2.24) is 14.9 Å². The van der Waals surface area contributed by atoms with Crippen molar-refractivity contribution in [1.29, 1.82) is 0 Å². The SMILES string of the molecule is Cc1ccc(C)c(NC(=O)C(=O)Nn2cnnc2)c1. The van der Waals surface area contributed by atoms with Gasteiger partial charge in [0.15, 0.2) is 0 Å². The molecule has 0 fully saturated rings. The zero-order valence-corrected chi connectivity index (χ0v) is 10.5. The van der Waals surface area contributed by atoms with E-state index in [9.17, 15) is 9.59 Å². The highest BCUT2D eigenvalue weighted by Crippen LogP contribution is 2.16. The van der Waals surface area contributed by atoms with E-state index >= 15 is 0 Å². The summed E-state index contributed by atoms with van der Waals surface area (Å²) in [6.07, 6.45) is 2.56. The van der Waals surface area contributed by atoms with Gasteiger partial charge < -0.3 is 5.32 Å². The summed E-state index contributed by atoms with van der Waals surface area (Å²) in [7, 11) is 0. The Morgan fingerprint density at radius 3 is 2.47 bits per heavy atom. The second-order valence-electron chi connectivity index (χ2n) is 4.08. The molecule has 0 aliphatic rings. The molecule has 0 radical (unpaired) electrons. The number of hydrogen-bond donors (Lipinski definition) is 2. The molecule has 2 rings (SSSR count). The first kappa shape index (κ1) is 12.7. The van der Waals surface area contributed by atoms with E-state index in [1.807, 2.05) is 26.0 Å². The van der Waals surface area contributed by atoms with Crippen LogP contribution in [-0.4, -0.2) is 26.7 Å². The average Bonchev–Trinajstić information content (AvgIpc) is 2.86. The summed E-state index contributed by atoms with van der Waals surface area (Å²) >= 11 is 0. The lowest BCUT2D eigenvalue weighted by atomic mass is 10.1. The Morgan fingerprint density at radius 1 is 1.11 bits per heavy atom. The van der Waals surface area contributed by atoms with Crippen LogP contribution in [0, 0.1) is 13.8 Å². The Morgan fingerprint density at radius 2 is 1.79 bits per heavy atom. The van der Waals surface area contributed by atoms with Crippen LogP contribution < -0.4 is 10.7 Å². The summed E-state index contributed by atoms with van der Waals surface area (Å²) in [5.74, 6) is -1.54. The van der Waals surface area contributed by atoms with Crippen LogP contribution in [0.1, 0.15) is 11.1 Å². The van der Waals surface area contributed by atoms with Crippen LogP contribution in [0.25, 0.3) is 0 Å². The van der Waals surface area contributed by atoms with Gasteiger partial charge in [0.05, 0.1) is 0 Å². The summed E-state index contributed by atoms with van der Waals surface area (Å²) < 4.78 is 1.20. The number of nitrogens with zero attached hydrogens (tertiary/aromatic N) is 3. The van der Waals surface area contributed by atoms with Crippen LogP contribution in [0.5, 0.6) is 0 Å². The molecule has 1 aromatic heterocycles. The lowest BCUT2D eigenvalue weighted by Crippen LogP contribution is -2.33. The molecule has 1 aromatic carbocycles. The number of carbonyl (C=O) groups excluding carboxylic acids is 2. The van der Waals surface area contributed by atoms with E-state index in [0.29, 0.717) is 5.69 Å². The van der Waals surface area contributed by atoms with Crippen molar-refractivity contribution in [2.45, 2.75) is 13.8 Å². The Hall–Kier alpha value is -2.70. The Bertz CT molecular complexity index is 607. The minimum atomic E-state index is -0.791. The number of hydrogen-bond acceptors (Lipinski definition) is 4. The summed E-state index contributed by atoms with van der Waals surface area (Å²) in [6, 6.07) is 5.62. The minimum absolute atomic E-state index is 0.615. The van der Waals surface area contributed by atoms with Crippen LogP contribution in [0.15, 0.2) is 30.9 Å². The molecule has 0 atom stereocenters. The van der Waals surface area contributed by atoms with Crippen LogP contribution in [0.3, 0.4) is 0 Å². The molecule has 98 valence electrons. The van der Waals surface area contributed by atoms with Gasteiger partial charge in [-0.3, -0.25) is 15.0 Å². The maximum absolute atomic E-state index is 11.7. The van der Waals surface area contributed by atoms with Gasteiger partial charge in [-0.15, -0.1) is 10.2 Å². The van der Waals surface area contributed by atoms with Crippen LogP contribution in [0.2, 0.25) is 0 Å². The maximum atomic E-state index is 11.7. The molecule has 2 amide bonds. The van der Waals surface area contributed by atoms with Crippen molar-refractivity contribution in [3.63, 3.8) is 0 Å². The number of aryl methyl sites for hydroxylation is 2. The van der Waals surface area contributed by atoms with Gasteiger partial charge in [0.25, 0.3) is 0 Å². The first-order chi connectivity index (χ1) is 9.06. The predicted octanol–water partition coefficient (Wildman–Crippen LogP) is 0.604. The molecule has 7 heteroatoms. The molecule has 0 aliphatic heterocycles. The molecule has 7 nitrogen and oxygen atoms in total. The molecule has 0 unspecified atom stereocenters. The predicted molar refractivity (Wildman–Crippen MR) is 68.9 cm³/mol. The van der Waals surface area contributed by atoms with Crippen molar-refractivity contribution in [2.24, 2.45) is 0 Å². The van der Waals surface area contributed by atoms with Gasteiger partial charge in [0, 0.05) is 5.69 Å². The van der Waals surface area contributed by atoms with Crippen molar-refractivity contribution >= 4 is 17.5 Å². The van der Waals surface area contributed by atoms with E-state index in [0.717, 1.165) is 11.1 Å². The van der Waals surface area contributed by atoms with Crippen LogP contribution >= 0.6 is 0 Å². The van der Waals surface area contributed by atoms with Crippen LogP contribution in [-0.2, 0) is 9.59 Å². The van der Waals surface area contributed by atoms with Crippen molar-refractivity contribution in [2.75, 3.05) is 10.7 Å². The second-order valence-corrected chi connectivity index (χ2v) is 4.08. The third-order valence-electron chi connectivity index (χ3n) is 2.50. The van der Waals surface area contributed by atoms with E-state index in [1.165, 1.54) is 17.3 Å². The largest absolute Gasteiger partial charge is 0.328 e. The second kappa shape index (κ2) is 5.30. The lowest BCUT2D eigenvalue weighted by Gasteiger charge is -2.09. The Balaban J connectivity index is 2.04. The van der Waals surface area contributed by atoms with Crippen molar-refractivity contribution in [3.8, 4) is 0 Å². The van der Waals surface area contributed by atoms with E-state index in [1.54, 1.807) is 6.07 Å². The fourth-order valence-corrected chi connectivity index (χ4v) is 1.48. The normalized spacial score (nSPS) is 10.0. The number of aromatic nitrogens is 3. The molecule has 19 heavy (non-hydrogen) atoms. The quantitative estimate of drug-likeness (QED) is 0.773. The number of rotatable bonds is 2. The molecule has 2 N–H and O–H groups in total. The molecule has 0 saturated carbocycles. The standard InChI is InChI=1S/C12H13N5O2/c1-8-3-4-9(2)10(5-8)15-11(18)12(19)16-17-6-13-14-7-17/h3-7H,1-2H3,(H,15,18)(H,16,19). The minimum Gasteiger partial charge on any atom is -0.317 e. The van der Waals surface area contributed by atoms with Gasteiger partial charge >= 0.3 is 11.8 Å². The monoisotopic (exact) mass is 259 g/mol. The molecule has 0 saturated heterocycles. The molecular formula is C12H13N5O2. The molecule has 0 bridgehead atoms. The number of amides is 2. The van der Waals surface area contributed by atoms with Crippen LogP contribution in [0.4, 0.5) is 5.69 Å². The average molecular weight is 259 g/mol. The molecule has 1 heterocycles. The zero-order valence-electron chi connectivity index (χ0n) is 10.5. The highest BCUT2D eigenvalue weighted by Gasteiger charge is 2.15. The van der Waals surface area contributed by atoms with Crippen molar-refractivity contribution < 1.29 is 9.59 Å². The number of anilines is 1. The summed E-state index contributed by atoms with van der Waals surface area (Å²) in [5.41, 5.74) is 4.82. The smallest absolute Gasteiger partial charge is 0.317 e. The molecular weight excluding hydrogens is 246 g/mol.